The highest BCUT2D eigenvalue weighted by molar-refractivity contribution is 7.71. The SMILES string of the molecule is COc1ccc(CN(Cn2nnn(-c3ccc(OC)cc3)c2=S)C2CC2)cc1. The van der Waals surface area contributed by atoms with E-state index >= 15 is 0 Å². The van der Waals surface area contributed by atoms with Crippen LogP contribution in [0.2, 0.25) is 0 Å². The van der Waals surface area contributed by atoms with E-state index in [2.05, 4.69) is 27.5 Å². The number of benzene rings is 2. The van der Waals surface area contributed by atoms with Gasteiger partial charge in [0.25, 0.3) is 0 Å². The van der Waals surface area contributed by atoms with Gasteiger partial charge in [-0.25, -0.2) is 4.68 Å². The van der Waals surface area contributed by atoms with Gasteiger partial charge in [0.2, 0.25) is 4.77 Å². The zero-order valence-electron chi connectivity index (χ0n) is 16.0. The van der Waals surface area contributed by atoms with Crippen LogP contribution in [0.1, 0.15) is 18.4 Å². The van der Waals surface area contributed by atoms with Crippen molar-refractivity contribution in [3.63, 3.8) is 0 Å². The van der Waals surface area contributed by atoms with Gasteiger partial charge in [-0.2, -0.15) is 4.68 Å². The maximum atomic E-state index is 5.62. The van der Waals surface area contributed by atoms with Crippen molar-refractivity contribution in [2.75, 3.05) is 14.2 Å². The fraction of sp³-hybridized carbons (Fsp3) is 0.350. The molecule has 1 aliphatic carbocycles. The first-order valence-electron chi connectivity index (χ1n) is 9.22. The van der Waals surface area contributed by atoms with Crippen LogP contribution in [0.15, 0.2) is 48.5 Å². The molecule has 8 heteroatoms. The molecule has 0 N–H and O–H groups in total. The first kappa shape index (κ1) is 18.6. The molecule has 0 amide bonds. The van der Waals surface area contributed by atoms with E-state index < -0.39 is 0 Å². The molecular formula is C20H23N5O2S. The molecule has 1 aromatic heterocycles. The van der Waals surface area contributed by atoms with Gasteiger partial charge in [0.15, 0.2) is 0 Å². The molecule has 0 aliphatic heterocycles. The number of ether oxygens (including phenoxy) is 2. The lowest BCUT2D eigenvalue weighted by molar-refractivity contribution is 0.185. The lowest BCUT2D eigenvalue weighted by Gasteiger charge is -2.21. The second kappa shape index (κ2) is 8.12. The molecular weight excluding hydrogens is 374 g/mol. The zero-order chi connectivity index (χ0) is 19.5. The molecule has 28 heavy (non-hydrogen) atoms. The fourth-order valence-corrected chi connectivity index (χ4v) is 3.36. The van der Waals surface area contributed by atoms with Gasteiger partial charge in [-0.3, -0.25) is 4.90 Å². The molecule has 0 saturated heterocycles. The molecule has 7 nitrogen and oxygen atoms in total. The summed E-state index contributed by atoms with van der Waals surface area (Å²) in [7, 11) is 3.33. The maximum absolute atomic E-state index is 5.62. The summed E-state index contributed by atoms with van der Waals surface area (Å²) in [5.74, 6) is 1.66. The van der Waals surface area contributed by atoms with Crippen molar-refractivity contribution in [3.8, 4) is 17.2 Å². The van der Waals surface area contributed by atoms with Crippen molar-refractivity contribution in [2.45, 2.75) is 32.1 Å². The summed E-state index contributed by atoms with van der Waals surface area (Å²) in [6.07, 6.45) is 2.41. The third-order valence-corrected chi connectivity index (χ3v) is 5.26. The number of hydrogen-bond acceptors (Lipinski definition) is 6. The van der Waals surface area contributed by atoms with E-state index in [1.807, 2.05) is 36.4 Å². The number of aromatic nitrogens is 4. The molecule has 2 aromatic carbocycles. The van der Waals surface area contributed by atoms with Gasteiger partial charge < -0.3 is 9.47 Å². The Balaban J connectivity index is 1.51. The highest BCUT2D eigenvalue weighted by Gasteiger charge is 2.29. The van der Waals surface area contributed by atoms with Crippen molar-refractivity contribution in [1.82, 2.24) is 24.7 Å². The molecule has 0 spiro atoms. The molecule has 1 aliphatic rings. The minimum Gasteiger partial charge on any atom is -0.497 e. The van der Waals surface area contributed by atoms with Crippen LogP contribution in [0, 0.1) is 4.77 Å². The quantitative estimate of drug-likeness (QED) is 0.543. The molecule has 4 rings (SSSR count). The van der Waals surface area contributed by atoms with Crippen LogP contribution in [-0.4, -0.2) is 45.0 Å². The Hall–Kier alpha value is -2.71. The van der Waals surface area contributed by atoms with Crippen molar-refractivity contribution in [1.29, 1.82) is 0 Å². The number of methoxy groups -OCH3 is 2. The number of tetrazole rings is 1. The predicted molar refractivity (Wildman–Crippen MR) is 108 cm³/mol. The van der Waals surface area contributed by atoms with Gasteiger partial charge in [-0.15, -0.1) is 0 Å². The topological polar surface area (TPSA) is 57.3 Å². The molecule has 0 radical (unpaired) electrons. The van der Waals surface area contributed by atoms with Gasteiger partial charge in [0.05, 0.1) is 26.6 Å². The standard InChI is InChI=1S/C20H23N5O2S/c1-26-18-9-3-15(4-10-18)13-23(16-5-6-16)14-24-20(28)25(22-21-24)17-7-11-19(27-2)12-8-17/h3-4,7-12,16H,5-6,13-14H2,1-2H3. The molecule has 1 saturated carbocycles. The van der Waals surface area contributed by atoms with E-state index in [1.165, 1.54) is 18.4 Å². The summed E-state index contributed by atoms with van der Waals surface area (Å²) in [5, 5.41) is 8.53. The van der Waals surface area contributed by atoms with E-state index in [1.54, 1.807) is 23.6 Å². The smallest absolute Gasteiger partial charge is 0.221 e. The van der Waals surface area contributed by atoms with Crippen molar-refractivity contribution < 1.29 is 9.47 Å². The third-order valence-electron chi connectivity index (χ3n) is 4.88. The van der Waals surface area contributed by atoms with Crippen molar-refractivity contribution >= 4 is 12.2 Å². The largest absolute Gasteiger partial charge is 0.497 e. The lowest BCUT2D eigenvalue weighted by atomic mass is 10.2. The van der Waals surface area contributed by atoms with Gasteiger partial charge in [0, 0.05) is 12.6 Å². The monoisotopic (exact) mass is 397 g/mol. The zero-order valence-corrected chi connectivity index (χ0v) is 16.8. The molecule has 0 atom stereocenters. The van der Waals surface area contributed by atoms with E-state index in [0.29, 0.717) is 17.5 Å². The van der Waals surface area contributed by atoms with Crippen LogP contribution in [0.3, 0.4) is 0 Å². The van der Waals surface area contributed by atoms with Gasteiger partial charge in [-0.05, 0) is 77.4 Å². The van der Waals surface area contributed by atoms with Crippen LogP contribution >= 0.6 is 12.2 Å². The van der Waals surface area contributed by atoms with Crippen LogP contribution in [0.5, 0.6) is 11.5 Å². The Bertz CT molecular complexity index is 977. The summed E-state index contributed by atoms with van der Waals surface area (Å²) >= 11 is 5.62. The van der Waals surface area contributed by atoms with Gasteiger partial charge in [0.1, 0.15) is 11.5 Å². The summed E-state index contributed by atoms with van der Waals surface area (Å²) in [4.78, 5) is 2.39. The normalized spacial score (nSPS) is 13.7. The Morgan fingerprint density at radius 2 is 1.57 bits per heavy atom. The first-order valence-corrected chi connectivity index (χ1v) is 9.63. The molecule has 3 aromatic rings. The van der Waals surface area contributed by atoms with Crippen LogP contribution in [0.4, 0.5) is 0 Å². The number of rotatable bonds is 8. The predicted octanol–water partition coefficient (Wildman–Crippen LogP) is 3.44. The maximum Gasteiger partial charge on any atom is 0.221 e. The Labute approximate surface area is 169 Å². The molecule has 1 heterocycles. The summed E-state index contributed by atoms with van der Waals surface area (Å²) in [6.45, 7) is 1.46. The molecule has 0 unspecified atom stereocenters. The van der Waals surface area contributed by atoms with Gasteiger partial charge >= 0.3 is 0 Å². The van der Waals surface area contributed by atoms with Crippen LogP contribution in [-0.2, 0) is 13.2 Å². The van der Waals surface area contributed by atoms with E-state index in [4.69, 9.17) is 21.7 Å². The summed E-state index contributed by atoms with van der Waals surface area (Å²) in [5.41, 5.74) is 2.10. The highest BCUT2D eigenvalue weighted by atomic mass is 32.1. The fourth-order valence-electron chi connectivity index (χ4n) is 3.12. The minimum atomic E-state index is 0.565. The lowest BCUT2D eigenvalue weighted by Crippen LogP contribution is -2.29. The van der Waals surface area contributed by atoms with Crippen LogP contribution < -0.4 is 9.47 Å². The van der Waals surface area contributed by atoms with E-state index in [-0.39, 0.29) is 0 Å². The van der Waals surface area contributed by atoms with E-state index in [9.17, 15) is 0 Å². The van der Waals surface area contributed by atoms with Crippen molar-refractivity contribution in [2.24, 2.45) is 0 Å². The highest BCUT2D eigenvalue weighted by Crippen LogP contribution is 2.29. The number of hydrogen-bond donors (Lipinski definition) is 0. The molecule has 1 fully saturated rings. The average Bonchev–Trinajstić information content (AvgIpc) is 3.52. The molecule has 146 valence electrons. The summed E-state index contributed by atoms with van der Waals surface area (Å²) < 4.78 is 14.5. The second-order valence-corrected chi connectivity index (χ2v) is 7.20. The summed E-state index contributed by atoms with van der Waals surface area (Å²) in [6, 6.07) is 16.4. The second-order valence-electron chi connectivity index (χ2n) is 6.84. The van der Waals surface area contributed by atoms with Crippen LogP contribution in [0.25, 0.3) is 5.69 Å². The Morgan fingerprint density at radius 1 is 0.964 bits per heavy atom. The first-order chi connectivity index (χ1) is 13.7. The van der Waals surface area contributed by atoms with Gasteiger partial charge in [-0.1, -0.05) is 12.1 Å². The number of nitrogens with zero attached hydrogens (tertiary/aromatic N) is 5. The third kappa shape index (κ3) is 4.07. The average molecular weight is 398 g/mol. The Kier molecular flexibility index (Phi) is 5.40. The molecule has 0 bridgehead atoms. The van der Waals surface area contributed by atoms with Crippen molar-refractivity contribution in [3.05, 3.63) is 58.9 Å². The Morgan fingerprint density at radius 3 is 2.14 bits per heavy atom. The minimum absolute atomic E-state index is 0.565. The van der Waals surface area contributed by atoms with E-state index in [0.717, 1.165) is 23.7 Å².